The summed E-state index contributed by atoms with van der Waals surface area (Å²) in [6, 6.07) is 6.12. The Morgan fingerprint density at radius 1 is 0.741 bits per heavy atom. The van der Waals surface area contributed by atoms with Crippen LogP contribution in [0.4, 0.5) is 13.2 Å². The number of sulfonamides is 2. The molecule has 4 heterocycles. The first-order chi connectivity index (χ1) is 37.5. The first-order valence-corrected chi connectivity index (χ1v) is 32.4. The molecule has 3 amide bonds. The molecule has 22 heteroatoms. The van der Waals surface area contributed by atoms with Crippen LogP contribution in [0, 0.1) is 17.3 Å². The Balaban J connectivity index is 1.10. The van der Waals surface area contributed by atoms with E-state index in [1.165, 1.54) is 12.5 Å². The van der Waals surface area contributed by atoms with E-state index in [9.17, 15) is 31.2 Å². The number of nitrogens with zero attached hydrogens (tertiary/aromatic N) is 3. The molecule has 2 aliphatic carbocycles. The number of carbonyl (C=O) groups excluding carboxylic acids is 3. The van der Waals surface area contributed by atoms with Crippen LogP contribution in [0.25, 0.3) is 21.7 Å². The average Bonchev–Trinajstić information content (AvgIpc) is 4.24. The Labute approximate surface area is 482 Å². The first-order valence-electron chi connectivity index (χ1n) is 28.7. The molecule has 2 saturated carbocycles. The van der Waals surface area contributed by atoms with E-state index in [2.05, 4.69) is 20.1 Å². The Kier molecular flexibility index (Phi) is 19.4. The van der Waals surface area contributed by atoms with E-state index in [4.69, 9.17) is 15.5 Å². The van der Waals surface area contributed by atoms with Crippen LogP contribution in [-0.4, -0.2) is 85.1 Å². The van der Waals surface area contributed by atoms with Crippen molar-refractivity contribution in [3.05, 3.63) is 64.4 Å². The molecule has 0 bridgehead atoms. The van der Waals surface area contributed by atoms with Gasteiger partial charge in [-0.3, -0.25) is 14.4 Å². The van der Waals surface area contributed by atoms with Crippen molar-refractivity contribution in [3.63, 3.8) is 0 Å². The molecule has 1 aromatic carbocycles. The van der Waals surface area contributed by atoms with Crippen LogP contribution >= 0.6 is 11.3 Å². The number of carbonyl (C=O) groups is 3. The maximum absolute atomic E-state index is 15.2. The van der Waals surface area contributed by atoms with E-state index in [0.717, 1.165) is 87.0 Å². The van der Waals surface area contributed by atoms with Gasteiger partial charge < -0.3 is 30.2 Å². The Bertz CT molecular complexity index is 3170. The van der Waals surface area contributed by atoms with E-state index in [0.29, 0.717) is 64.8 Å². The Hall–Kier alpha value is -4.61. The second-order valence-electron chi connectivity index (χ2n) is 26.4. The van der Waals surface area contributed by atoms with Crippen molar-refractivity contribution in [1.82, 2.24) is 34.2 Å². The van der Waals surface area contributed by atoms with Gasteiger partial charge >= 0.3 is 6.18 Å². The fourth-order valence-corrected chi connectivity index (χ4v) is 16.8. The monoisotopic (exact) mass is 1190 g/mol. The van der Waals surface area contributed by atoms with Crippen molar-refractivity contribution < 1.29 is 49.1 Å². The van der Waals surface area contributed by atoms with E-state index in [1.807, 2.05) is 32.4 Å². The van der Waals surface area contributed by atoms with Gasteiger partial charge in [-0.25, -0.2) is 31.3 Å². The smallest absolute Gasteiger partial charge is 0.378 e. The third-order valence-corrected chi connectivity index (χ3v) is 21.4. The molecule has 2 atom stereocenters. The molecule has 3 fully saturated rings. The number of benzene rings is 1. The predicted octanol–water partition coefficient (Wildman–Crippen LogP) is 10.8. The minimum absolute atomic E-state index is 0.0623. The number of nitrogens with one attached hydrogen (secondary N) is 4. The standard InChI is InChI=1S/C59H87F3N8O8S3/c1-55(2,3)49-53(81(76,77)67-56(4,5)6)79-52(66-49)42-34-47(70(12)45(42)30-37-21-17-14-18-22-37)51(72)65-39-25-28-78-40(32-39)35-58(9,10)68-80(74,75)48-24-23-38(31-43(48)59(60,61)62)41-33-46(50(71)64-27-26-57(7,8)54(63)73)69(11)44(41)29-36-19-15-13-16-20-36/h23-24,31,33-34,36-37,39-40,67-68H,13-22,25-30,32,35H2,1-12H3,(H2,63,73)(H,64,71)(H,65,72). The first kappa shape index (κ1) is 64.0. The highest BCUT2D eigenvalue weighted by atomic mass is 32.2. The second kappa shape index (κ2) is 24.5. The molecular formula is C59H87F3N8O8S3. The lowest BCUT2D eigenvalue weighted by Crippen LogP contribution is -2.49. The van der Waals surface area contributed by atoms with E-state index >= 15 is 13.2 Å². The largest absolute Gasteiger partial charge is 0.417 e. The predicted molar refractivity (Wildman–Crippen MR) is 311 cm³/mol. The van der Waals surface area contributed by atoms with E-state index < -0.39 is 82.5 Å². The fraction of sp³-hybridized carbons (Fsp3) is 0.661. The zero-order valence-corrected chi connectivity index (χ0v) is 51.9. The van der Waals surface area contributed by atoms with Crippen molar-refractivity contribution in [3.8, 4) is 21.7 Å². The summed E-state index contributed by atoms with van der Waals surface area (Å²) >= 11 is 1.10. The highest BCUT2D eigenvalue weighted by Gasteiger charge is 2.42. The Morgan fingerprint density at radius 3 is 1.84 bits per heavy atom. The van der Waals surface area contributed by atoms with Crippen LogP contribution in [0.1, 0.15) is 203 Å². The van der Waals surface area contributed by atoms with Gasteiger partial charge in [0, 0.05) is 77.7 Å². The highest BCUT2D eigenvalue weighted by molar-refractivity contribution is 7.91. The molecule has 7 rings (SSSR count). The van der Waals surface area contributed by atoms with Gasteiger partial charge in [-0.15, -0.1) is 11.3 Å². The maximum Gasteiger partial charge on any atom is 0.417 e. The van der Waals surface area contributed by atoms with Crippen LogP contribution < -0.4 is 25.8 Å². The third kappa shape index (κ3) is 15.8. The van der Waals surface area contributed by atoms with Gasteiger partial charge in [0.05, 0.1) is 22.3 Å². The summed E-state index contributed by atoms with van der Waals surface area (Å²) in [6.45, 7) is 18.0. The SMILES string of the molecule is Cn1c(C(=O)NCCC(C)(C)C(N)=O)cc(-c2ccc(S(=O)(=O)NC(C)(C)CC3CC(NC(=O)c4cc(-c5nc(C(C)(C)C)c(S(=O)(=O)NC(C)(C)C)s5)c(CC5CCCCC5)n4C)CCO3)c(C(F)(F)F)c2)c1CC1CCCCC1. The molecule has 3 aromatic heterocycles. The lowest BCUT2D eigenvalue weighted by Gasteiger charge is -2.35. The number of halogens is 3. The van der Waals surface area contributed by atoms with Gasteiger partial charge in [0.15, 0.2) is 4.21 Å². The average molecular weight is 1190 g/mol. The Morgan fingerprint density at radius 2 is 1.30 bits per heavy atom. The number of amides is 3. The van der Waals surface area contributed by atoms with E-state index in [1.54, 1.807) is 72.2 Å². The second-order valence-corrected chi connectivity index (χ2v) is 30.9. The van der Waals surface area contributed by atoms with Crippen LogP contribution in [-0.2, 0) is 68.1 Å². The molecule has 81 heavy (non-hydrogen) atoms. The maximum atomic E-state index is 15.2. The molecule has 3 aliphatic rings. The number of nitrogens with two attached hydrogens (primary N) is 1. The number of rotatable bonds is 20. The molecule has 6 N–H and O–H groups in total. The van der Waals surface area contributed by atoms with Crippen LogP contribution in [0.15, 0.2) is 39.4 Å². The van der Waals surface area contributed by atoms with Crippen LogP contribution in [0.5, 0.6) is 0 Å². The minimum atomic E-state index is -5.09. The van der Waals surface area contributed by atoms with Gasteiger partial charge in [-0.05, 0) is 115 Å². The summed E-state index contributed by atoms with van der Waals surface area (Å²) in [5, 5.41) is 6.53. The van der Waals surface area contributed by atoms with Crippen molar-refractivity contribution >= 4 is 49.1 Å². The summed E-state index contributed by atoms with van der Waals surface area (Å²) in [5.74, 6) is -0.725. The molecule has 2 unspecified atom stereocenters. The molecular weight excluding hydrogens is 1100 g/mol. The van der Waals surface area contributed by atoms with Gasteiger partial charge in [-0.1, -0.05) is 105 Å². The summed E-state index contributed by atoms with van der Waals surface area (Å²) in [6.07, 6.45) is 7.05. The fourth-order valence-electron chi connectivity index (χ4n) is 11.8. The van der Waals surface area contributed by atoms with Crippen molar-refractivity contribution in [2.24, 2.45) is 37.1 Å². The minimum Gasteiger partial charge on any atom is -0.378 e. The van der Waals surface area contributed by atoms with Gasteiger partial charge in [-0.2, -0.15) is 13.2 Å². The van der Waals surface area contributed by atoms with Crippen molar-refractivity contribution in [1.29, 1.82) is 0 Å². The molecule has 16 nitrogen and oxygen atoms in total. The summed E-state index contributed by atoms with van der Waals surface area (Å²) < 4.78 is 117. The zero-order chi connectivity index (χ0) is 59.8. The zero-order valence-electron chi connectivity index (χ0n) is 49.5. The van der Waals surface area contributed by atoms with Crippen LogP contribution in [0.2, 0.25) is 0 Å². The lowest BCUT2D eigenvalue weighted by atomic mass is 9.85. The molecule has 4 aromatic rings. The normalized spacial score (nSPS) is 18.8. The quantitative estimate of drug-likeness (QED) is 0.0566. The molecule has 0 spiro atoms. The lowest BCUT2D eigenvalue weighted by molar-refractivity contribution is -0.139. The topological polar surface area (TPSA) is 226 Å². The summed E-state index contributed by atoms with van der Waals surface area (Å²) in [5.41, 5.74) is 4.40. The van der Waals surface area contributed by atoms with Gasteiger partial charge in [0.25, 0.3) is 21.8 Å². The van der Waals surface area contributed by atoms with Gasteiger partial charge in [0.2, 0.25) is 15.9 Å². The molecule has 1 aliphatic heterocycles. The number of thiazole rings is 1. The number of hydrogen-bond donors (Lipinski definition) is 5. The van der Waals surface area contributed by atoms with E-state index in [-0.39, 0.29) is 53.3 Å². The van der Waals surface area contributed by atoms with Crippen LogP contribution in [0.3, 0.4) is 0 Å². The molecule has 1 saturated heterocycles. The van der Waals surface area contributed by atoms with Gasteiger partial charge in [0.1, 0.15) is 16.4 Å². The number of alkyl halides is 3. The number of ether oxygens (including phenoxy) is 1. The number of hydrogen-bond acceptors (Lipinski definition) is 10. The molecule has 450 valence electrons. The third-order valence-electron chi connectivity index (χ3n) is 16.3. The van der Waals surface area contributed by atoms with Crippen molar-refractivity contribution in [2.45, 2.75) is 216 Å². The number of primary amides is 1. The number of aromatic nitrogens is 3. The molecule has 0 radical (unpaired) electrons. The summed E-state index contributed by atoms with van der Waals surface area (Å²) in [7, 11) is -5.26. The van der Waals surface area contributed by atoms with Crippen molar-refractivity contribution in [2.75, 3.05) is 13.2 Å². The highest BCUT2D eigenvalue weighted by Crippen LogP contribution is 2.43. The summed E-state index contributed by atoms with van der Waals surface area (Å²) in [4.78, 5) is 44.1.